The molecule has 0 saturated heterocycles. The zero-order valence-electron chi connectivity index (χ0n) is 13.4. The third-order valence-electron chi connectivity index (χ3n) is 4.13. The van der Waals surface area contributed by atoms with Crippen molar-refractivity contribution in [3.05, 3.63) is 52.8 Å². The van der Waals surface area contributed by atoms with Crippen molar-refractivity contribution >= 4 is 11.7 Å². The second kappa shape index (κ2) is 6.70. The van der Waals surface area contributed by atoms with Gasteiger partial charge in [-0.3, -0.25) is 9.48 Å². The van der Waals surface area contributed by atoms with E-state index in [0.29, 0.717) is 30.5 Å². The van der Waals surface area contributed by atoms with E-state index in [0.717, 1.165) is 11.1 Å². The molecule has 1 aromatic carbocycles. The van der Waals surface area contributed by atoms with Gasteiger partial charge in [-0.2, -0.15) is 23.3 Å². The Morgan fingerprint density at radius 1 is 1.20 bits per heavy atom. The highest BCUT2D eigenvalue weighted by molar-refractivity contribution is 6.03. The van der Waals surface area contributed by atoms with Crippen LogP contribution >= 0.6 is 0 Å². The molecule has 1 amide bonds. The molecule has 0 bridgehead atoms. The number of hydrogen-bond donors (Lipinski definition) is 1. The van der Waals surface area contributed by atoms with Crippen molar-refractivity contribution in [2.75, 3.05) is 0 Å². The van der Waals surface area contributed by atoms with Crippen molar-refractivity contribution in [3.8, 4) is 0 Å². The summed E-state index contributed by atoms with van der Waals surface area (Å²) < 4.78 is 40.6. The summed E-state index contributed by atoms with van der Waals surface area (Å²) in [4.78, 5) is 15.9. The SMILES string of the molecule is NC(=NC(=O)Cn1nc(C(F)(F)F)c2c1CCCC2)c1ccccc1. The number of alkyl halides is 3. The number of carbonyl (C=O) groups excluding carboxylic acids is 1. The largest absolute Gasteiger partial charge is 0.435 e. The Bertz CT molecular complexity index is 809. The first-order valence-electron chi connectivity index (χ1n) is 7.94. The van der Waals surface area contributed by atoms with Gasteiger partial charge in [0.1, 0.15) is 12.4 Å². The monoisotopic (exact) mass is 350 g/mol. The van der Waals surface area contributed by atoms with Crippen LogP contribution in [0.25, 0.3) is 0 Å². The van der Waals surface area contributed by atoms with Gasteiger partial charge in [-0.1, -0.05) is 30.3 Å². The predicted octanol–water partition coefficient (Wildman–Crippen LogP) is 2.71. The zero-order chi connectivity index (χ0) is 18.0. The summed E-state index contributed by atoms with van der Waals surface area (Å²) in [6, 6.07) is 8.70. The van der Waals surface area contributed by atoms with Crippen molar-refractivity contribution in [1.29, 1.82) is 0 Å². The van der Waals surface area contributed by atoms with Crippen molar-refractivity contribution in [1.82, 2.24) is 9.78 Å². The van der Waals surface area contributed by atoms with E-state index in [1.54, 1.807) is 30.3 Å². The maximum atomic E-state index is 13.1. The van der Waals surface area contributed by atoms with E-state index in [2.05, 4.69) is 10.1 Å². The van der Waals surface area contributed by atoms with E-state index in [-0.39, 0.29) is 17.9 Å². The molecule has 0 unspecified atom stereocenters. The third-order valence-corrected chi connectivity index (χ3v) is 4.13. The predicted molar refractivity (Wildman–Crippen MR) is 86.0 cm³/mol. The van der Waals surface area contributed by atoms with Gasteiger partial charge in [0.25, 0.3) is 5.91 Å². The Morgan fingerprint density at radius 2 is 1.88 bits per heavy atom. The summed E-state index contributed by atoms with van der Waals surface area (Å²) in [5.41, 5.74) is 6.14. The number of rotatable bonds is 3. The molecule has 1 aliphatic rings. The molecule has 1 heterocycles. The van der Waals surface area contributed by atoms with Crippen LogP contribution < -0.4 is 5.73 Å². The van der Waals surface area contributed by atoms with Gasteiger partial charge in [0.15, 0.2) is 5.69 Å². The van der Waals surface area contributed by atoms with Crippen LogP contribution in [0.3, 0.4) is 0 Å². The number of fused-ring (bicyclic) bond motifs is 1. The average molecular weight is 350 g/mol. The summed E-state index contributed by atoms with van der Waals surface area (Å²) in [7, 11) is 0. The molecule has 8 heteroatoms. The third kappa shape index (κ3) is 3.72. The van der Waals surface area contributed by atoms with Gasteiger partial charge >= 0.3 is 6.18 Å². The quantitative estimate of drug-likeness (QED) is 0.683. The Balaban J connectivity index is 1.86. The number of halogens is 3. The molecule has 2 aromatic rings. The molecule has 0 fully saturated rings. The lowest BCUT2D eigenvalue weighted by molar-refractivity contribution is -0.142. The minimum Gasteiger partial charge on any atom is -0.383 e. The zero-order valence-corrected chi connectivity index (χ0v) is 13.4. The maximum absolute atomic E-state index is 13.1. The first-order chi connectivity index (χ1) is 11.9. The van der Waals surface area contributed by atoms with Gasteiger partial charge in [0.2, 0.25) is 0 Å². The van der Waals surface area contributed by atoms with E-state index in [1.165, 1.54) is 0 Å². The van der Waals surface area contributed by atoms with Crippen LogP contribution in [0.15, 0.2) is 35.3 Å². The smallest absolute Gasteiger partial charge is 0.383 e. The molecule has 3 rings (SSSR count). The van der Waals surface area contributed by atoms with Crippen molar-refractivity contribution < 1.29 is 18.0 Å². The molecule has 25 heavy (non-hydrogen) atoms. The Kier molecular flexibility index (Phi) is 4.61. The number of benzene rings is 1. The molecule has 0 saturated carbocycles. The van der Waals surface area contributed by atoms with Crippen molar-refractivity contribution in [2.45, 2.75) is 38.4 Å². The van der Waals surface area contributed by atoms with Crippen LogP contribution in [0.2, 0.25) is 0 Å². The Hall–Kier alpha value is -2.64. The second-order valence-electron chi connectivity index (χ2n) is 5.89. The molecule has 0 aliphatic heterocycles. The molecule has 1 aromatic heterocycles. The van der Waals surface area contributed by atoms with E-state index in [1.807, 2.05) is 0 Å². The van der Waals surface area contributed by atoms with Gasteiger partial charge in [-0.15, -0.1) is 0 Å². The molecule has 0 radical (unpaired) electrons. The number of nitrogens with two attached hydrogens (primary N) is 1. The first-order valence-corrected chi connectivity index (χ1v) is 7.94. The van der Waals surface area contributed by atoms with Gasteiger partial charge in [-0.25, -0.2) is 0 Å². The lowest BCUT2D eigenvalue weighted by atomic mass is 9.95. The summed E-state index contributed by atoms with van der Waals surface area (Å²) in [6.45, 7) is -0.355. The summed E-state index contributed by atoms with van der Waals surface area (Å²) >= 11 is 0. The van der Waals surface area contributed by atoms with E-state index < -0.39 is 17.8 Å². The minimum absolute atomic E-state index is 0.0302. The van der Waals surface area contributed by atoms with Crippen LogP contribution in [-0.2, 0) is 30.4 Å². The van der Waals surface area contributed by atoms with Crippen LogP contribution in [-0.4, -0.2) is 21.5 Å². The number of aliphatic imine (C=N–C) groups is 1. The van der Waals surface area contributed by atoms with Crippen LogP contribution in [0.5, 0.6) is 0 Å². The van der Waals surface area contributed by atoms with Gasteiger partial charge in [-0.05, 0) is 25.7 Å². The summed E-state index contributed by atoms with van der Waals surface area (Å²) in [5, 5.41) is 3.64. The molecular formula is C17H17F3N4O. The highest BCUT2D eigenvalue weighted by Gasteiger charge is 2.39. The van der Waals surface area contributed by atoms with Crippen LogP contribution in [0, 0.1) is 0 Å². The topological polar surface area (TPSA) is 73.3 Å². The lowest BCUT2D eigenvalue weighted by Gasteiger charge is -2.14. The van der Waals surface area contributed by atoms with E-state index in [9.17, 15) is 18.0 Å². The number of amides is 1. The average Bonchev–Trinajstić information content (AvgIpc) is 2.94. The number of aromatic nitrogens is 2. The van der Waals surface area contributed by atoms with Gasteiger partial charge < -0.3 is 5.73 Å². The molecule has 0 spiro atoms. The Morgan fingerprint density at radius 3 is 2.56 bits per heavy atom. The molecule has 132 valence electrons. The molecule has 2 N–H and O–H groups in total. The number of amidine groups is 1. The number of hydrogen-bond acceptors (Lipinski definition) is 2. The summed E-state index contributed by atoms with van der Waals surface area (Å²) in [6.07, 6.45) is -2.26. The Labute approximate surface area is 142 Å². The molecule has 5 nitrogen and oxygen atoms in total. The second-order valence-corrected chi connectivity index (χ2v) is 5.89. The number of nitrogens with zero attached hydrogens (tertiary/aromatic N) is 3. The van der Waals surface area contributed by atoms with Crippen molar-refractivity contribution in [3.63, 3.8) is 0 Å². The fraction of sp³-hybridized carbons (Fsp3) is 0.353. The van der Waals surface area contributed by atoms with Gasteiger partial charge in [0.05, 0.1) is 0 Å². The molecule has 0 atom stereocenters. The minimum atomic E-state index is -4.53. The van der Waals surface area contributed by atoms with E-state index >= 15 is 0 Å². The summed E-state index contributed by atoms with van der Waals surface area (Å²) in [5.74, 6) is -0.603. The fourth-order valence-electron chi connectivity index (χ4n) is 3.00. The van der Waals surface area contributed by atoms with Crippen LogP contribution in [0.4, 0.5) is 13.2 Å². The standard InChI is InChI=1S/C17H17F3N4O/c18-17(19,20)15-12-8-4-5-9-13(12)24(23-15)10-14(25)22-16(21)11-6-2-1-3-7-11/h1-3,6-7H,4-5,8-10H2,(H2,21,22,25). The van der Waals surface area contributed by atoms with Gasteiger partial charge in [0, 0.05) is 16.8 Å². The highest BCUT2D eigenvalue weighted by atomic mass is 19.4. The highest BCUT2D eigenvalue weighted by Crippen LogP contribution is 2.35. The lowest BCUT2D eigenvalue weighted by Crippen LogP contribution is -2.19. The molecule has 1 aliphatic carbocycles. The maximum Gasteiger partial charge on any atom is 0.435 e. The van der Waals surface area contributed by atoms with E-state index in [4.69, 9.17) is 5.73 Å². The molecular weight excluding hydrogens is 333 g/mol. The van der Waals surface area contributed by atoms with Crippen molar-refractivity contribution in [2.24, 2.45) is 10.7 Å². The normalized spacial score (nSPS) is 15.1. The number of carbonyl (C=O) groups is 1. The van der Waals surface area contributed by atoms with Crippen LogP contribution in [0.1, 0.15) is 35.4 Å². The first kappa shape index (κ1) is 17.2. The fourth-order valence-corrected chi connectivity index (χ4v) is 3.00.